The van der Waals surface area contributed by atoms with E-state index in [1.165, 1.54) is 12.2 Å². The fourth-order valence-electron chi connectivity index (χ4n) is 3.18. The summed E-state index contributed by atoms with van der Waals surface area (Å²) in [5.41, 5.74) is 2.98. The molecule has 0 radical (unpaired) electrons. The molecule has 7 heteroatoms. The number of ether oxygens (including phenoxy) is 1. The second-order valence-corrected chi connectivity index (χ2v) is 7.27. The Morgan fingerprint density at radius 1 is 1.06 bits per heavy atom. The van der Waals surface area contributed by atoms with Crippen LogP contribution in [0.5, 0.6) is 0 Å². The van der Waals surface area contributed by atoms with Crippen molar-refractivity contribution in [2.45, 2.75) is 13.5 Å². The minimum atomic E-state index is -0.982. The number of carbonyl (C=O) groups excluding carboxylic acids is 3. The summed E-state index contributed by atoms with van der Waals surface area (Å²) in [6.45, 7) is 2.05. The van der Waals surface area contributed by atoms with Crippen LogP contribution in [0.25, 0.3) is 6.08 Å². The maximum atomic E-state index is 12.9. The van der Waals surface area contributed by atoms with Crippen molar-refractivity contribution in [1.29, 1.82) is 5.26 Å². The van der Waals surface area contributed by atoms with Gasteiger partial charge in [0.25, 0.3) is 0 Å². The number of nitrogens with zero attached hydrogens (tertiary/aromatic N) is 2. The second kappa shape index (κ2) is 11.2. The highest BCUT2D eigenvalue weighted by Crippen LogP contribution is 2.18. The number of rotatable bonds is 9. The third-order valence-electron chi connectivity index (χ3n) is 4.85. The molecule has 0 spiro atoms. The standard InChI is InChI=1S/C27H22N2O5/c1-2-34-27(33)25(31)15-24(30)13-12-23-14-22(26(32)21-6-4-3-5-7-21)18-29(23)17-20-10-8-19(16-28)9-11-20/h3-15,18,31H,2,17H2,1H3/b13-12+,25-15-. The van der Waals surface area contributed by atoms with Crippen molar-refractivity contribution in [3.05, 3.63) is 113 Å². The zero-order valence-corrected chi connectivity index (χ0v) is 18.5. The van der Waals surface area contributed by atoms with Gasteiger partial charge < -0.3 is 14.4 Å². The molecule has 0 unspecified atom stereocenters. The van der Waals surface area contributed by atoms with Crippen molar-refractivity contribution in [2.75, 3.05) is 6.61 Å². The number of hydrogen-bond acceptors (Lipinski definition) is 6. The van der Waals surface area contributed by atoms with Gasteiger partial charge >= 0.3 is 5.97 Å². The Morgan fingerprint density at radius 3 is 2.41 bits per heavy atom. The summed E-state index contributed by atoms with van der Waals surface area (Å²) in [6, 6.07) is 19.6. The van der Waals surface area contributed by atoms with Gasteiger partial charge in [-0.15, -0.1) is 0 Å². The molecular weight excluding hydrogens is 432 g/mol. The molecule has 0 fully saturated rings. The summed E-state index contributed by atoms with van der Waals surface area (Å²) >= 11 is 0. The van der Waals surface area contributed by atoms with Gasteiger partial charge in [-0.1, -0.05) is 42.5 Å². The number of aliphatic hydroxyl groups excluding tert-OH is 1. The lowest BCUT2D eigenvalue weighted by atomic mass is 10.1. The first-order chi connectivity index (χ1) is 16.4. The van der Waals surface area contributed by atoms with Crippen LogP contribution in [-0.4, -0.2) is 33.8 Å². The molecule has 0 saturated carbocycles. The van der Waals surface area contributed by atoms with Crippen LogP contribution < -0.4 is 0 Å². The Hall–Kier alpha value is -4.70. The molecular formula is C27H22N2O5. The van der Waals surface area contributed by atoms with Crippen LogP contribution in [0.3, 0.4) is 0 Å². The molecule has 1 aromatic heterocycles. The molecule has 7 nitrogen and oxygen atoms in total. The Morgan fingerprint density at radius 2 is 1.76 bits per heavy atom. The molecule has 3 aromatic rings. The van der Waals surface area contributed by atoms with Gasteiger partial charge in [-0.25, -0.2) is 4.79 Å². The minimum Gasteiger partial charge on any atom is -0.502 e. The fourth-order valence-corrected chi connectivity index (χ4v) is 3.18. The topological polar surface area (TPSA) is 109 Å². The maximum absolute atomic E-state index is 12.9. The highest BCUT2D eigenvalue weighted by Gasteiger charge is 2.14. The van der Waals surface area contributed by atoms with E-state index in [4.69, 9.17) is 5.26 Å². The number of hydrogen-bond donors (Lipinski definition) is 1. The number of carbonyl (C=O) groups is 3. The van der Waals surface area contributed by atoms with E-state index in [-0.39, 0.29) is 12.4 Å². The number of ketones is 2. The van der Waals surface area contributed by atoms with E-state index in [0.717, 1.165) is 11.6 Å². The molecule has 0 atom stereocenters. The van der Waals surface area contributed by atoms with Gasteiger partial charge in [0.15, 0.2) is 11.6 Å². The summed E-state index contributed by atoms with van der Waals surface area (Å²) in [6.07, 6.45) is 5.17. The van der Waals surface area contributed by atoms with E-state index < -0.39 is 17.5 Å². The number of allylic oxidation sites excluding steroid dienone is 2. The largest absolute Gasteiger partial charge is 0.502 e. The highest BCUT2D eigenvalue weighted by atomic mass is 16.5. The Balaban J connectivity index is 1.90. The minimum absolute atomic E-state index is 0.0713. The van der Waals surface area contributed by atoms with E-state index in [1.54, 1.807) is 60.2 Å². The molecule has 3 rings (SSSR count). The van der Waals surface area contributed by atoms with Crippen molar-refractivity contribution in [2.24, 2.45) is 0 Å². The SMILES string of the molecule is CCOC(=O)/C(O)=C/C(=O)/C=C/c1cc(C(=O)c2ccccc2)cn1Cc1ccc(C#N)cc1. The monoisotopic (exact) mass is 454 g/mol. The van der Waals surface area contributed by atoms with Crippen molar-refractivity contribution in [1.82, 2.24) is 4.57 Å². The number of aliphatic hydroxyl groups is 1. The zero-order valence-electron chi connectivity index (χ0n) is 18.5. The molecule has 0 amide bonds. The molecule has 0 saturated heterocycles. The smallest absolute Gasteiger partial charge is 0.373 e. The number of aromatic nitrogens is 1. The fraction of sp³-hybridized carbons (Fsp3) is 0.111. The van der Waals surface area contributed by atoms with Crippen LogP contribution in [0, 0.1) is 11.3 Å². The predicted octanol–water partition coefficient (Wildman–Crippen LogP) is 4.23. The quantitative estimate of drug-likeness (QED) is 0.224. The molecule has 170 valence electrons. The molecule has 1 heterocycles. The second-order valence-electron chi connectivity index (χ2n) is 7.27. The summed E-state index contributed by atoms with van der Waals surface area (Å²) in [4.78, 5) is 36.6. The normalized spacial score (nSPS) is 11.2. The number of esters is 1. The Labute approximate surface area is 196 Å². The van der Waals surface area contributed by atoms with Gasteiger partial charge in [0.2, 0.25) is 5.76 Å². The molecule has 0 aliphatic carbocycles. The average Bonchev–Trinajstić information content (AvgIpc) is 3.25. The first kappa shape index (κ1) is 24.0. The first-order valence-corrected chi connectivity index (χ1v) is 10.5. The van der Waals surface area contributed by atoms with Crippen LogP contribution in [0.1, 0.15) is 39.7 Å². The summed E-state index contributed by atoms with van der Waals surface area (Å²) in [5.74, 6) is -2.55. The molecule has 0 bridgehead atoms. The van der Waals surface area contributed by atoms with E-state index >= 15 is 0 Å². The van der Waals surface area contributed by atoms with Crippen molar-refractivity contribution >= 4 is 23.6 Å². The van der Waals surface area contributed by atoms with Crippen LogP contribution in [0.2, 0.25) is 0 Å². The molecule has 34 heavy (non-hydrogen) atoms. The maximum Gasteiger partial charge on any atom is 0.373 e. The first-order valence-electron chi connectivity index (χ1n) is 10.5. The summed E-state index contributed by atoms with van der Waals surface area (Å²) in [7, 11) is 0. The van der Waals surface area contributed by atoms with Crippen molar-refractivity contribution in [3.63, 3.8) is 0 Å². The lowest BCUT2D eigenvalue weighted by molar-refractivity contribution is -0.141. The van der Waals surface area contributed by atoms with E-state index in [0.29, 0.717) is 28.9 Å². The van der Waals surface area contributed by atoms with Crippen LogP contribution in [0.15, 0.2) is 84.8 Å². The van der Waals surface area contributed by atoms with Gasteiger partial charge in [-0.3, -0.25) is 9.59 Å². The van der Waals surface area contributed by atoms with Gasteiger partial charge in [0, 0.05) is 35.6 Å². The van der Waals surface area contributed by atoms with Crippen LogP contribution >= 0.6 is 0 Å². The third kappa shape index (κ3) is 6.17. The molecule has 1 N–H and O–H groups in total. The van der Waals surface area contributed by atoms with Gasteiger partial charge in [0.1, 0.15) is 0 Å². The molecule has 0 aliphatic rings. The summed E-state index contributed by atoms with van der Waals surface area (Å²) < 4.78 is 6.45. The van der Waals surface area contributed by atoms with Gasteiger partial charge in [-0.05, 0) is 42.8 Å². The van der Waals surface area contributed by atoms with E-state index in [1.807, 2.05) is 18.2 Å². The number of benzene rings is 2. The van der Waals surface area contributed by atoms with Crippen molar-refractivity contribution in [3.8, 4) is 6.07 Å². The van der Waals surface area contributed by atoms with Crippen LogP contribution in [0.4, 0.5) is 0 Å². The lowest BCUT2D eigenvalue weighted by Crippen LogP contribution is -2.08. The van der Waals surface area contributed by atoms with Crippen LogP contribution in [-0.2, 0) is 20.9 Å². The summed E-state index contributed by atoms with van der Waals surface area (Å²) in [5, 5.41) is 18.7. The zero-order chi connectivity index (χ0) is 24.5. The lowest BCUT2D eigenvalue weighted by Gasteiger charge is -2.07. The molecule has 2 aromatic carbocycles. The Kier molecular flexibility index (Phi) is 7.93. The van der Waals surface area contributed by atoms with Gasteiger partial charge in [-0.2, -0.15) is 5.26 Å². The van der Waals surface area contributed by atoms with E-state index in [2.05, 4.69) is 10.8 Å². The molecule has 0 aliphatic heterocycles. The van der Waals surface area contributed by atoms with Gasteiger partial charge in [0.05, 0.1) is 18.2 Å². The average molecular weight is 454 g/mol. The number of nitriles is 1. The Bertz CT molecular complexity index is 1290. The highest BCUT2D eigenvalue weighted by molar-refractivity contribution is 6.09. The predicted molar refractivity (Wildman–Crippen MR) is 126 cm³/mol. The van der Waals surface area contributed by atoms with E-state index in [9.17, 15) is 19.5 Å². The van der Waals surface area contributed by atoms with Crippen molar-refractivity contribution < 1.29 is 24.2 Å². The third-order valence-corrected chi connectivity index (χ3v) is 4.85.